The maximum absolute atomic E-state index is 10.3. The number of unbranched alkanes of at least 4 members (excludes halogenated alkanes) is 44. The minimum atomic E-state index is -0.664. The monoisotopic (exact) mass is 1320 g/mol. The van der Waals surface area contributed by atoms with Crippen LogP contribution in [0.3, 0.4) is 0 Å². The van der Waals surface area contributed by atoms with Gasteiger partial charge in [0, 0.05) is 25.7 Å². The topological polar surface area (TPSA) is 149 Å². The first kappa shape index (κ1) is 109. The molecule has 0 radical (unpaired) electrons. The molecular weight excluding hydrogens is 1190 g/mol. The molecule has 8 nitrogen and oxygen atoms in total. The SMILES string of the molecule is CCCCCCCCC=CCCCCCCCC(=O)O.CCCCCCCCC=CCCCCCCCC(=O)O.CCCCCCCCC=CCCCCCCCC(=O)O.CCCCCCCCC=CCCCCCCCC(=O)O.[K+].[K+].[K+].[K+].[K+]. The first-order valence-electron chi connectivity index (χ1n) is 34.6. The molecule has 0 fully saturated rings. The third-order valence-corrected chi connectivity index (χ3v) is 14.6. The van der Waals surface area contributed by atoms with Crippen LogP contribution in [0.5, 0.6) is 0 Å². The van der Waals surface area contributed by atoms with Crippen molar-refractivity contribution in [1.82, 2.24) is 0 Å². The van der Waals surface area contributed by atoms with E-state index in [0.29, 0.717) is 25.7 Å². The predicted octanol–water partition coefficient (Wildman–Crippen LogP) is 9.45. The van der Waals surface area contributed by atoms with E-state index >= 15 is 0 Å². The van der Waals surface area contributed by atoms with Crippen molar-refractivity contribution in [2.24, 2.45) is 0 Å². The summed E-state index contributed by atoms with van der Waals surface area (Å²) in [7, 11) is 0. The number of hydrogen-bond donors (Lipinski definition) is 4. The maximum Gasteiger partial charge on any atom is 1.00 e. The van der Waals surface area contributed by atoms with E-state index < -0.39 is 23.9 Å². The average Bonchev–Trinajstić information content (AvgIpc) is 3.43. The fourth-order valence-corrected chi connectivity index (χ4v) is 9.39. The van der Waals surface area contributed by atoms with Gasteiger partial charge in [0.2, 0.25) is 0 Å². The summed E-state index contributed by atoms with van der Waals surface area (Å²) >= 11 is 0. The number of rotatable bonds is 60. The number of carboxylic acids is 4. The van der Waals surface area contributed by atoms with Gasteiger partial charge in [-0.2, -0.15) is 0 Å². The van der Waals surface area contributed by atoms with Gasteiger partial charge in [0.25, 0.3) is 0 Å². The van der Waals surface area contributed by atoms with Crippen molar-refractivity contribution in [2.45, 2.75) is 387 Å². The van der Waals surface area contributed by atoms with E-state index in [1.165, 1.54) is 283 Å². The summed E-state index contributed by atoms with van der Waals surface area (Å²) in [6, 6.07) is 0. The van der Waals surface area contributed by atoms with Gasteiger partial charge >= 0.3 is 281 Å². The Morgan fingerprint density at radius 1 is 0.188 bits per heavy atom. The zero-order valence-electron chi connectivity index (χ0n) is 58.6. The molecule has 0 saturated carbocycles. The van der Waals surface area contributed by atoms with Gasteiger partial charge in [-0.3, -0.25) is 19.2 Å². The van der Waals surface area contributed by atoms with Crippen LogP contribution in [0.4, 0.5) is 0 Å². The molecule has 0 aliphatic carbocycles. The summed E-state index contributed by atoms with van der Waals surface area (Å²) in [4.78, 5) is 41.3. The van der Waals surface area contributed by atoms with E-state index in [1.54, 1.807) is 0 Å². The molecule has 13 heteroatoms. The molecule has 0 amide bonds. The van der Waals surface area contributed by atoms with Crippen molar-refractivity contribution in [1.29, 1.82) is 0 Å². The van der Waals surface area contributed by atoms with Gasteiger partial charge in [-0.25, -0.2) is 0 Å². The number of aliphatic carboxylic acids is 4. The number of carboxylic acid groups (broad SMARTS) is 4. The van der Waals surface area contributed by atoms with Gasteiger partial charge in [-0.1, -0.05) is 282 Å². The third kappa shape index (κ3) is 126. The van der Waals surface area contributed by atoms with E-state index in [9.17, 15) is 19.2 Å². The zero-order chi connectivity index (χ0) is 59.6. The van der Waals surface area contributed by atoms with Crippen LogP contribution < -0.4 is 257 Å². The van der Waals surface area contributed by atoms with Crippen LogP contribution in [0.25, 0.3) is 0 Å². The Morgan fingerprint density at radius 2 is 0.294 bits per heavy atom. The van der Waals surface area contributed by atoms with Crippen molar-refractivity contribution in [3.8, 4) is 0 Å². The fraction of sp³-hybridized carbons (Fsp3) is 0.833. The summed E-state index contributed by atoms with van der Waals surface area (Å²) in [6.07, 6.45) is 85.0. The van der Waals surface area contributed by atoms with E-state index in [1.807, 2.05) is 0 Å². The fourth-order valence-electron chi connectivity index (χ4n) is 9.39. The van der Waals surface area contributed by atoms with Crippen LogP contribution in [0.15, 0.2) is 48.6 Å². The summed E-state index contributed by atoms with van der Waals surface area (Å²) < 4.78 is 0. The van der Waals surface area contributed by atoms with Crippen molar-refractivity contribution in [2.75, 3.05) is 0 Å². The summed E-state index contributed by atoms with van der Waals surface area (Å²) in [5.74, 6) is -2.66. The second-order valence-electron chi connectivity index (χ2n) is 22.9. The summed E-state index contributed by atoms with van der Waals surface area (Å²) in [6.45, 7) is 9.04. The predicted molar refractivity (Wildman–Crippen MR) is 348 cm³/mol. The number of allylic oxidation sites excluding steroid dienone is 8. The van der Waals surface area contributed by atoms with E-state index in [4.69, 9.17) is 20.4 Å². The second kappa shape index (κ2) is 105. The van der Waals surface area contributed by atoms with E-state index in [2.05, 4.69) is 76.3 Å². The van der Waals surface area contributed by atoms with Crippen molar-refractivity contribution >= 4 is 23.9 Å². The van der Waals surface area contributed by atoms with Gasteiger partial charge in [0.05, 0.1) is 0 Å². The zero-order valence-corrected chi connectivity index (χ0v) is 74.3. The second-order valence-corrected chi connectivity index (χ2v) is 22.9. The van der Waals surface area contributed by atoms with Crippen LogP contribution in [-0.4, -0.2) is 44.3 Å². The van der Waals surface area contributed by atoms with Crippen LogP contribution >= 0.6 is 0 Å². The maximum atomic E-state index is 10.3. The minimum Gasteiger partial charge on any atom is -0.481 e. The molecular formula is C72H136K5O8+5. The molecule has 0 aliphatic heterocycles. The molecule has 0 rings (SSSR count). The molecule has 0 aromatic rings. The number of carbonyl (C=O) groups is 4. The van der Waals surface area contributed by atoms with E-state index in [-0.39, 0.29) is 257 Å². The van der Waals surface area contributed by atoms with Gasteiger partial charge in [-0.05, 0) is 128 Å². The largest absolute Gasteiger partial charge is 1.00 e. The Balaban J connectivity index is -0.000000127. The smallest absolute Gasteiger partial charge is 0.481 e. The normalized spacial score (nSPS) is 10.6. The molecule has 0 spiro atoms. The van der Waals surface area contributed by atoms with Crippen LogP contribution in [0.2, 0.25) is 0 Å². The molecule has 0 heterocycles. The number of hydrogen-bond acceptors (Lipinski definition) is 4. The van der Waals surface area contributed by atoms with Crippen molar-refractivity contribution in [3.63, 3.8) is 0 Å². The van der Waals surface area contributed by atoms with Crippen molar-refractivity contribution in [3.05, 3.63) is 48.6 Å². The Labute approximate surface area is 741 Å². The van der Waals surface area contributed by atoms with Crippen LogP contribution in [0, 0.1) is 0 Å². The third-order valence-electron chi connectivity index (χ3n) is 14.6. The molecule has 0 bridgehead atoms. The first-order valence-corrected chi connectivity index (χ1v) is 34.6. The molecule has 85 heavy (non-hydrogen) atoms. The molecule has 0 aromatic heterocycles. The van der Waals surface area contributed by atoms with Gasteiger partial charge in [-0.15, -0.1) is 0 Å². The van der Waals surface area contributed by atoms with Gasteiger partial charge in [0.1, 0.15) is 0 Å². The first-order chi connectivity index (χ1) is 39.1. The quantitative estimate of drug-likeness (QED) is 0.0268. The molecule has 472 valence electrons. The molecule has 0 atom stereocenters. The molecule has 0 unspecified atom stereocenters. The van der Waals surface area contributed by atoms with Crippen molar-refractivity contribution < 1.29 is 297 Å². The molecule has 4 N–H and O–H groups in total. The van der Waals surface area contributed by atoms with Crippen LogP contribution in [0.1, 0.15) is 387 Å². The molecule has 0 saturated heterocycles. The van der Waals surface area contributed by atoms with Gasteiger partial charge < -0.3 is 20.4 Å². The van der Waals surface area contributed by atoms with Crippen LogP contribution in [-0.2, 0) is 19.2 Å². The summed E-state index contributed by atoms with van der Waals surface area (Å²) in [5.41, 5.74) is 0. The standard InChI is InChI=1S/4C18H34O2.5K/c4*1-2-3-4-5-6-7-8-9-10-11-12-13-14-15-16-17-18(19)20;;;;;/h4*9-10H,2-8,11-17H2,1H3,(H,19,20);;;;;/q;;;;5*+1. The van der Waals surface area contributed by atoms with Gasteiger partial charge in [0.15, 0.2) is 0 Å². The minimum absolute atomic E-state index is 0. The Hall–Kier alpha value is 5.02. The molecule has 0 aliphatic rings. The molecule has 0 aromatic carbocycles. The summed E-state index contributed by atoms with van der Waals surface area (Å²) in [5, 5.41) is 34.0. The Morgan fingerprint density at radius 3 is 0.412 bits per heavy atom. The Kier molecular flexibility index (Phi) is 134. The van der Waals surface area contributed by atoms with E-state index in [0.717, 1.165) is 51.4 Å². The Bertz CT molecular complexity index is 1160. The average molecular weight is 1330 g/mol.